The number of azide groups is 1. The van der Waals surface area contributed by atoms with E-state index < -0.39 is 0 Å². The van der Waals surface area contributed by atoms with Gasteiger partial charge in [0.15, 0.2) is 0 Å². The Morgan fingerprint density at radius 3 is 2.60 bits per heavy atom. The minimum absolute atomic E-state index is 0.570. The van der Waals surface area contributed by atoms with Crippen LogP contribution in [0.4, 0.5) is 0 Å². The molecule has 4 heteroatoms. The molecule has 1 rings (SSSR count). The summed E-state index contributed by atoms with van der Waals surface area (Å²) in [4.78, 5) is 2.71. The maximum Gasteiger partial charge on any atom is 0.0289 e. The molecule has 1 saturated carbocycles. The summed E-state index contributed by atoms with van der Waals surface area (Å²) in [5.74, 6) is 1.19. The predicted octanol–water partition coefficient (Wildman–Crippen LogP) is 1.28. The second-order valence-corrected chi connectivity index (χ2v) is 2.75. The van der Waals surface area contributed by atoms with Gasteiger partial charge in [0.05, 0.1) is 0 Å². The van der Waals surface area contributed by atoms with Crippen molar-refractivity contribution in [1.29, 1.82) is 0 Å². The Labute approximate surface area is 60.0 Å². The fourth-order valence-electron chi connectivity index (χ4n) is 1.33. The molecule has 0 aliphatic heterocycles. The summed E-state index contributed by atoms with van der Waals surface area (Å²) < 4.78 is 0. The molecule has 0 aromatic carbocycles. The third-order valence-corrected chi connectivity index (χ3v) is 2.26. The third kappa shape index (κ3) is 1.40. The fourth-order valence-corrected chi connectivity index (χ4v) is 1.33. The maximum atomic E-state index is 8.02. The van der Waals surface area contributed by atoms with Crippen molar-refractivity contribution in [3.05, 3.63) is 10.4 Å². The largest absolute Gasteiger partial charge is 0.330 e. The highest BCUT2D eigenvalue weighted by Gasteiger charge is 2.28. The molecule has 10 heavy (non-hydrogen) atoms. The number of hydrogen-bond acceptors (Lipinski definition) is 2. The lowest BCUT2D eigenvalue weighted by molar-refractivity contribution is 0.192. The highest BCUT2D eigenvalue weighted by molar-refractivity contribution is 4.82. The van der Waals surface area contributed by atoms with E-state index >= 15 is 0 Å². The van der Waals surface area contributed by atoms with Crippen LogP contribution in [0.25, 0.3) is 10.4 Å². The van der Waals surface area contributed by atoms with E-state index in [1.54, 1.807) is 0 Å². The quantitative estimate of drug-likeness (QED) is 0.358. The molecule has 1 fully saturated rings. The summed E-state index contributed by atoms with van der Waals surface area (Å²) >= 11 is 0. The van der Waals surface area contributed by atoms with Gasteiger partial charge >= 0.3 is 0 Å². The van der Waals surface area contributed by atoms with Crippen LogP contribution < -0.4 is 5.73 Å². The van der Waals surface area contributed by atoms with Gasteiger partial charge in [-0.2, -0.15) is 0 Å². The molecule has 0 saturated heterocycles. The first-order valence-corrected chi connectivity index (χ1v) is 3.59. The average Bonchev–Trinajstić information content (AvgIpc) is 1.88. The Hall–Kier alpha value is -0.730. The van der Waals surface area contributed by atoms with Gasteiger partial charge < -0.3 is 5.73 Å². The summed E-state index contributed by atoms with van der Waals surface area (Å²) in [6.07, 6.45) is 2.39. The van der Waals surface area contributed by atoms with Crippen molar-refractivity contribution in [1.82, 2.24) is 0 Å². The average molecular weight is 140 g/mol. The number of nitrogens with two attached hydrogens (primary N) is 1. The molecule has 1 aliphatic carbocycles. The van der Waals surface area contributed by atoms with Gasteiger partial charge in [-0.25, -0.2) is 0 Å². The first kappa shape index (κ1) is 7.38. The second-order valence-electron chi connectivity index (χ2n) is 2.75. The zero-order valence-electron chi connectivity index (χ0n) is 5.90. The Balaban J connectivity index is 2.22. The van der Waals surface area contributed by atoms with Crippen LogP contribution in [0.5, 0.6) is 0 Å². The molecule has 0 unspecified atom stereocenters. The number of rotatable bonds is 3. The lowest BCUT2D eigenvalue weighted by Crippen LogP contribution is -2.33. The third-order valence-electron chi connectivity index (χ3n) is 2.26. The topological polar surface area (TPSA) is 74.8 Å². The summed E-state index contributed by atoms with van der Waals surface area (Å²) in [5.41, 5.74) is 13.5. The SMILES string of the molecule is [N-]=[N+]=NC[C@@H]1CC[C@H]1CN. The van der Waals surface area contributed by atoms with Crippen molar-refractivity contribution in [3.63, 3.8) is 0 Å². The van der Waals surface area contributed by atoms with E-state index in [9.17, 15) is 0 Å². The van der Waals surface area contributed by atoms with Crippen molar-refractivity contribution in [2.45, 2.75) is 12.8 Å². The molecular formula is C6H12N4. The molecule has 56 valence electrons. The van der Waals surface area contributed by atoms with E-state index in [0.717, 1.165) is 6.54 Å². The standard InChI is InChI=1S/C6H12N4/c7-3-5-1-2-6(5)4-9-10-8/h5-6H,1-4,7H2/t5-,6-/m0/s1. The van der Waals surface area contributed by atoms with Crippen molar-refractivity contribution < 1.29 is 0 Å². The van der Waals surface area contributed by atoms with Crippen LogP contribution in [0.15, 0.2) is 5.11 Å². The van der Waals surface area contributed by atoms with E-state index in [0.29, 0.717) is 18.4 Å². The van der Waals surface area contributed by atoms with Gasteiger partial charge in [-0.05, 0) is 36.8 Å². The smallest absolute Gasteiger partial charge is 0.0289 e. The van der Waals surface area contributed by atoms with Crippen LogP contribution in [-0.4, -0.2) is 13.1 Å². The van der Waals surface area contributed by atoms with E-state index in [1.165, 1.54) is 12.8 Å². The molecule has 0 aromatic heterocycles. The zero-order chi connectivity index (χ0) is 7.40. The van der Waals surface area contributed by atoms with E-state index in [-0.39, 0.29) is 0 Å². The van der Waals surface area contributed by atoms with E-state index in [2.05, 4.69) is 10.0 Å². The van der Waals surface area contributed by atoms with Gasteiger partial charge in [0.2, 0.25) is 0 Å². The first-order chi connectivity index (χ1) is 4.88. The lowest BCUT2D eigenvalue weighted by Gasteiger charge is -2.34. The van der Waals surface area contributed by atoms with Crippen molar-refractivity contribution in [2.24, 2.45) is 22.7 Å². The highest BCUT2D eigenvalue weighted by atomic mass is 15.1. The van der Waals surface area contributed by atoms with Crippen molar-refractivity contribution >= 4 is 0 Å². The van der Waals surface area contributed by atoms with Crippen molar-refractivity contribution in [3.8, 4) is 0 Å². The van der Waals surface area contributed by atoms with E-state index in [1.807, 2.05) is 0 Å². The van der Waals surface area contributed by atoms with Gasteiger partial charge in [-0.3, -0.25) is 0 Å². The van der Waals surface area contributed by atoms with Crippen molar-refractivity contribution in [2.75, 3.05) is 13.1 Å². The van der Waals surface area contributed by atoms with Crippen LogP contribution in [0.2, 0.25) is 0 Å². The molecule has 2 atom stereocenters. The minimum atomic E-state index is 0.570. The number of nitrogens with zero attached hydrogens (tertiary/aromatic N) is 3. The van der Waals surface area contributed by atoms with Crippen LogP contribution in [0, 0.1) is 11.8 Å². The van der Waals surface area contributed by atoms with Crippen LogP contribution >= 0.6 is 0 Å². The molecule has 0 radical (unpaired) electrons. The molecule has 0 amide bonds. The van der Waals surface area contributed by atoms with Gasteiger partial charge in [-0.15, -0.1) is 0 Å². The number of hydrogen-bond donors (Lipinski definition) is 1. The van der Waals surface area contributed by atoms with Gasteiger partial charge in [0.25, 0.3) is 0 Å². The molecule has 0 bridgehead atoms. The van der Waals surface area contributed by atoms with Gasteiger partial charge in [0, 0.05) is 11.5 Å². The van der Waals surface area contributed by atoms with Crippen LogP contribution in [0.1, 0.15) is 12.8 Å². The van der Waals surface area contributed by atoms with Crippen LogP contribution in [-0.2, 0) is 0 Å². The Morgan fingerprint density at radius 1 is 1.50 bits per heavy atom. The molecule has 0 aromatic rings. The maximum absolute atomic E-state index is 8.02. The summed E-state index contributed by atoms with van der Waals surface area (Å²) in [5, 5.41) is 3.52. The van der Waals surface area contributed by atoms with Crippen LogP contribution in [0.3, 0.4) is 0 Å². The molecule has 4 nitrogen and oxygen atoms in total. The summed E-state index contributed by atoms with van der Waals surface area (Å²) in [6, 6.07) is 0. The summed E-state index contributed by atoms with van der Waals surface area (Å²) in [7, 11) is 0. The Morgan fingerprint density at radius 2 is 2.20 bits per heavy atom. The zero-order valence-corrected chi connectivity index (χ0v) is 5.90. The lowest BCUT2D eigenvalue weighted by atomic mass is 9.74. The predicted molar refractivity (Wildman–Crippen MR) is 39.3 cm³/mol. The Bertz CT molecular complexity index is 148. The first-order valence-electron chi connectivity index (χ1n) is 3.59. The molecule has 1 aliphatic rings. The monoisotopic (exact) mass is 140 g/mol. The second kappa shape index (κ2) is 3.44. The molecule has 2 N–H and O–H groups in total. The van der Waals surface area contributed by atoms with Gasteiger partial charge in [0.1, 0.15) is 0 Å². The normalized spacial score (nSPS) is 30.5. The molecule has 0 spiro atoms. The minimum Gasteiger partial charge on any atom is -0.330 e. The molecule has 0 heterocycles. The fraction of sp³-hybridized carbons (Fsp3) is 1.00. The highest BCUT2D eigenvalue weighted by Crippen LogP contribution is 2.33. The summed E-state index contributed by atoms with van der Waals surface area (Å²) in [6.45, 7) is 1.38. The Kier molecular flexibility index (Phi) is 2.54. The van der Waals surface area contributed by atoms with E-state index in [4.69, 9.17) is 11.3 Å². The molecular weight excluding hydrogens is 128 g/mol. The van der Waals surface area contributed by atoms with Gasteiger partial charge in [-0.1, -0.05) is 5.11 Å².